The second-order valence-corrected chi connectivity index (χ2v) is 3.17. The Morgan fingerprint density at radius 1 is 1.25 bits per heavy atom. The van der Waals surface area contributed by atoms with Crippen molar-refractivity contribution >= 4 is 11.6 Å². The molecule has 0 bridgehead atoms. The minimum atomic E-state index is 0.231. The van der Waals surface area contributed by atoms with Crippen molar-refractivity contribution in [2.24, 2.45) is 11.8 Å². The summed E-state index contributed by atoms with van der Waals surface area (Å²) in [5, 5.41) is 0.231. The first-order valence-corrected chi connectivity index (χ1v) is 3.46. The number of halogens is 1. The lowest BCUT2D eigenvalue weighted by atomic mass is 10.0. The van der Waals surface area contributed by atoms with Crippen LogP contribution in [0.5, 0.6) is 0 Å². The molecule has 1 heteroatoms. The molecule has 0 spiro atoms. The molecular weight excluding hydrogens is 120 g/mol. The predicted molar refractivity (Wildman–Crippen MR) is 39.0 cm³/mol. The van der Waals surface area contributed by atoms with Gasteiger partial charge in [0.05, 0.1) is 0 Å². The fraction of sp³-hybridized carbons (Fsp3) is 0.857. The molecule has 0 aromatic heterocycles. The molecule has 8 heavy (non-hydrogen) atoms. The Hall–Kier alpha value is 0.290. The Balaban J connectivity index is 3.46. The lowest BCUT2D eigenvalue weighted by Gasteiger charge is -2.16. The van der Waals surface area contributed by atoms with E-state index in [9.17, 15) is 0 Å². The van der Waals surface area contributed by atoms with Gasteiger partial charge in [-0.3, -0.25) is 0 Å². The van der Waals surface area contributed by atoms with Crippen LogP contribution in [0.1, 0.15) is 20.8 Å². The third-order valence-corrected chi connectivity index (χ3v) is 2.11. The van der Waals surface area contributed by atoms with Crippen LogP contribution in [0.15, 0.2) is 0 Å². The molecule has 0 N–H and O–H groups in total. The van der Waals surface area contributed by atoms with Gasteiger partial charge in [0.15, 0.2) is 0 Å². The van der Waals surface area contributed by atoms with Crippen molar-refractivity contribution in [3.63, 3.8) is 0 Å². The summed E-state index contributed by atoms with van der Waals surface area (Å²) in [5.74, 6) is 0.904. The highest BCUT2D eigenvalue weighted by molar-refractivity contribution is 6.20. The molecule has 0 saturated heterocycles. The van der Waals surface area contributed by atoms with Gasteiger partial charge in [-0.15, -0.1) is 11.6 Å². The van der Waals surface area contributed by atoms with Gasteiger partial charge < -0.3 is 0 Å². The second kappa shape index (κ2) is 3.34. The van der Waals surface area contributed by atoms with E-state index in [0.717, 1.165) is 0 Å². The monoisotopic (exact) mass is 133 g/mol. The molecule has 0 aliphatic heterocycles. The van der Waals surface area contributed by atoms with Crippen molar-refractivity contribution in [3.05, 3.63) is 6.92 Å². The van der Waals surface area contributed by atoms with Crippen LogP contribution < -0.4 is 0 Å². The first kappa shape index (κ1) is 8.29. The van der Waals surface area contributed by atoms with Gasteiger partial charge >= 0.3 is 0 Å². The highest BCUT2D eigenvalue weighted by atomic mass is 35.5. The standard InChI is InChI=1S/C7H14Cl/c1-5(2)7(8)6(3)4/h5-7H,1H2,2-4H3. The molecule has 2 unspecified atom stereocenters. The summed E-state index contributed by atoms with van der Waals surface area (Å²) >= 11 is 5.89. The number of rotatable bonds is 2. The van der Waals surface area contributed by atoms with Crippen LogP contribution in [0.2, 0.25) is 0 Å². The van der Waals surface area contributed by atoms with E-state index in [2.05, 4.69) is 20.8 Å². The van der Waals surface area contributed by atoms with Crippen LogP contribution in [0.3, 0.4) is 0 Å². The van der Waals surface area contributed by atoms with E-state index in [-0.39, 0.29) is 5.38 Å². The van der Waals surface area contributed by atoms with Crippen LogP contribution in [-0.4, -0.2) is 5.38 Å². The molecule has 0 saturated carbocycles. The summed E-state index contributed by atoms with van der Waals surface area (Å²) in [4.78, 5) is 0. The van der Waals surface area contributed by atoms with E-state index in [1.54, 1.807) is 0 Å². The van der Waals surface area contributed by atoms with Crippen LogP contribution in [-0.2, 0) is 0 Å². The van der Waals surface area contributed by atoms with Gasteiger partial charge in [0, 0.05) is 5.38 Å². The maximum atomic E-state index is 5.89. The molecule has 0 aliphatic rings. The first-order chi connectivity index (χ1) is 3.55. The number of alkyl halides is 1. The fourth-order valence-corrected chi connectivity index (χ4v) is 0.657. The number of hydrogen-bond acceptors (Lipinski definition) is 0. The maximum Gasteiger partial charge on any atom is 0.0384 e. The van der Waals surface area contributed by atoms with E-state index in [1.807, 2.05) is 6.92 Å². The van der Waals surface area contributed by atoms with Gasteiger partial charge in [0.25, 0.3) is 0 Å². The lowest BCUT2D eigenvalue weighted by molar-refractivity contribution is 0.511. The Labute approximate surface area is 57.2 Å². The summed E-state index contributed by atoms with van der Waals surface area (Å²) in [6.45, 7) is 10.1. The maximum absolute atomic E-state index is 5.89. The zero-order valence-electron chi connectivity index (χ0n) is 5.82. The zero-order valence-corrected chi connectivity index (χ0v) is 6.57. The third-order valence-electron chi connectivity index (χ3n) is 1.18. The van der Waals surface area contributed by atoms with Crippen molar-refractivity contribution in [1.29, 1.82) is 0 Å². The highest BCUT2D eigenvalue weighted by Crippen LogP contribution is 2.17. The Bertz CT molecular complexity index is 49.4. The fourth-order valence-electron chi connectivity index (χ4n) is 0.657. The van der Waals surface area contributed by atoms with E-state index in [4.69, 9.17) is 11.6 Å². The topological polar surface area (TPSA) is 0 Å². The lowest BCUT2D eigenvalue weighted by Crippen LogP contribution is -2.14. The molecule has 1 radical (unpaired) electrons. The smallest absolute Gasteiger partial charge is 0.0384 e. The van der Waals surface area contributed by atoms with Gasteiger partial charge in [-0.25, -0.2) is 0 Å². The van der Waals surface area contributed by atoms with Crippen molar-refractivity contribution in [1.82, 2.24) is 0 Å². The first-order valence-electron chi connectivity index (χ1n) is 3.03. The largest absolute Gasteiger partial charge is 0.122 e. The van der Waals surface area contributed by atoms with Gasteiger partial charge in [0.1, 0.15) is 0 Å². The second-order valence-electron chi connectivity index (χ2n) is 2.67. The predicted octanol–water partition coefficient (Wildman–Crippen LogP) is 2.72. The minimum absolute atomic E-state index is 0.231. The molecule has 0 heterocycles. The molecule has 2 atom stereocenters. The molecule has 0 rings (SSSR count). The van der Waals surface area contributed by atoms with Crippen LogP contribution in [0.25, 0.3) is 0 Å². The molecule has 49 valence electrons. The summed E-state index contributed by atoms with van der Waals surface area (Å²) in [6, 6.07) is 0. The normalized spacial score (nSPS) is 12.0. The van der Waals surface area contributed by atoms with E-state index in [1.165, 1.54) is 0 Å². The van der Waals surface area contributed by atoms with E-state index < -0.39 is 0 Å². The van der Waals surface area contributed by atoms with Crippen molar-refractivity contribution in [3.8, 4) is 0 Å². The van der Waals surface area contributed by atoms with Crippen LogP contribution >= 0.6 is 11.6 Å². The quantitative estimate of drug-likeness (QED) is 0.509. The molecular formula is C7H14Cl. The molecule has 0 aromatic carbocycles. The highest BCUT2D eigenvalue weighted by Gasteiger charge is 2.12. The van der Waals surface area contributed by atoms with Gasteiger partial charge in [0.2, 0.25) is 0 Å². The van der Waals surface area contributed by atoms with Crippen molar-refractivity contribution in [2.45, 2.75) is 26.1 Å². The minimum Gasteiger partial charge on any atom is -0.122 e. The molecule has 0 aliphatic carbocycles. The molecule has 0 nitrogen and oxygen atoms in total. The van der Waals surface area contributed by atoms with Crippen LogP contribution in [0.4, 0.5) is 0 Å². The third kappa shape index (κ3) is 2.56. The Morgan fingerprint density at radius 2 is 1.62 bits per heavy atom. The SMILES string of the molecule is [CH2]C(C)C(Cl)C(C)C. The summed E-state index contributed by atoms with van der Waals surface area (Å²) in [6.07, 6.45) is 0. The Kier molecular flexibility index (Phi) is 3.46. The molecule has 0 amide bonds. The van der Waals surface area contributed by atoms with Gasteiger partial charge in [-0.1, -0.05) is 20.8 Å². The average Bonchev–Trinajstić information content (AvgIpc) is 1.64. The van der Waals surface area contributed by atoms with Crippen LogP contribution in [0, 0.1) is 18.8 Å². The van der Waals surface area contributed by atoms with Crippen molar-refractivity contribution < 1.29 is 0 Å². The molecule has 0 aromatic rings. The van der Waals surface area contributed by atoms with Gasteiger partial charge in [-0.2, -0.15) is 0 Å². The van der Waals surface area contributed by atoms with E-state index in [0.29, 0.717) is 11.8 Å². The summed E-state index contributed by atoms with van der Waals surface area (Å²) < 4.78 is 0. The summed E-state index contributed by atoms with van der Waals surface area (Å²) in [5.41, 5.74) is 0. The Morgan fingerprint density at radius 3 is 1.62 bits per heavy atom. The number of hydrogen-bond donors (Lipinski definition) is 0. The van der Waals surface area contributed by atoms with E-state index >= 15 is 0 Å². The summed E-state index contributed by atoms with van der Waals surface area (Å²) in [7, 11) is 0. The van der Waals surface area contributed by atoms with Crippen molar-refractivity contribution in [2.75, 3.05) is 0 Å². The van der Waals surface area contributed by atoms with Gasteiger partial charge in [-0.05, 0) is 18.8 Å². The average molecular weight is 134 g/mol. The molecule has 0 fully saturated rings. The zero-order chi connectivity index (χ0) is 6.73.